The first kappa shape index (κ1) is 21.4. The Bertz CT molecular complexity index is 933. The third-order valence-electron chi connectivity index (χ3n) is 5.53. The van der Waals surface area contributed by atoms with Crippen molar-refractivity contribution < 1.29 is 22.0 Å². The molecular formula is C22H25F2NO3S. The summed E-state index contributed by atoms with van der Waals surface area (Å²) in [6.45, 7) is 3.37. The Balaban J connectivity index is 1.52. The first-order valence-corrected chi connectivity index (χ1v) is 11.3. The van der Waals surface area contributed by atoms with Gasteiger partial charge in [0.05, 0.1) is 4.90 Å². The van der Waals surface area contributed by atoms with Crippen molar-refractivity contribution in [3.8, 4) is 0 Å². The number of benzene rings is 2. The lowest BCUT2D eigenvalue weighted by Gasteiger charge is -2.32. The molecule has 1 aliphatic heterocycles. The zero-order chi connectivity index (χ0) is 21.0. The van der Waals surface area contributed by atoms with Crippen LogP contribution in [0.4, 0.5) is 8.78 Å². The summed E-state index contributed by atoms with van der Waals surface area (Å²) in [5, 5.41) is 0. The number of alkyl halides is 2. The summed E-state index contributed by atoms with van der Waals surface area (Å²) in [4.78, 5) is 13.9. The van der Waals surface area contributed by atoms with E-state index in [1.165, 1.54) is 23.3 Å². The molecule has 1 saturated heterocycles. The van der Waals surface area contributed by atoms with Crippen LogP contribution in [0, 0.1) is 12.8 Å². The van der Waals surface area contributed by atoms with Gasteiger partial charge in [0, 0.05) is 18.7 Å². The first-order valence-electron chi connectivity index (χ1n) is 9.74. The molecular weight excluding hydrogens is 396 g/mol. The van der Waals surface area contributed by atoms with E-state index in [4.69, 9.17) is 0 Å². The minimum atomic E-state index is -4.64. The van der Waals surface area contributed by atoms with E-state index in [-0.39, 0.29) is 5.91 Å². The third kappa shape index (κ3) is 5.21. The lowest BCUT2D eigenvalue weighted by atomic mass is 9.90. The number of nitrogens with zero attached hydrogens (tertiary/aromatic N) is 1. The van der Waals surface area contributed by atoms with Crippen LogP contribution in [0.2, 0.25) is 0 Å². The summed E-state index contributed by atoms with van der Waals surface area (Å²) in [5.74, 6) is -3.09. The molecule has 0 aliphatic carbocycles. The second kappa shape index (κ2) is 9.03. The van der Waals surface area contributed by atoms with Gasteiger partial charge in [0.25, 0.3) is 5.91 Å². The van der Waals surface area contributed by atoms with E-state index in [2.05, 4.69) is 31.2 Å². The maximum atomic E-state index is 12.6. The van der Waals surface area contributed by atoms with Crippen molar-refractivity contribution in [3.63, 3.8) is 0 Å². The van der Waals surface area contributed by atoms with E-state index in [0.29, 0.717) is 24.6 Å². The van der Waals surface area contributed by atoms with Gasteiger partial charge < -0.3 is 4.90 Å². The van der Waals surface area contributed by atoms with Crippen LogP contribution in [-0.4, -0.2) is 38.1 Å². The van der Waals surface area contributed by atoms with E-state index in [1.54, 1.807) is 4.90 Å². The minimum Gasteiger partial charge on any atom is -0.339 e. The maximum Gasteiger partial charge on any atom is 0.341 e. The number of rotatable bonds is 6. The number of likely N-dealkylation sites (tertiary alicyclic amines) is 1. The van der Waals surface area contributed by atoms with Crippen LogP contribution in [0.1, 0.15) is 40.7 Å². The Labute approximate surface area is 170 Å². The zero-order valence-corrected chi connectivity index (χ0v) is 17.2. The summed E-state index contributed by atoms with van der Waals surface area (Å²) in [6, 6.07) is 13.3. The van der Waals surface area contributed by atoms with Crippen molar-refractivity contribution in [2.24, 2.45) is 5.92 Å². The number of hydrogen-bond donors (Lipinski definition) is 0. The molecule has 0 bridgehead atoms. The number of halogens is 2. The molecule has 0 radical (unpaired) electrons. The largest absolute Gasteiger partial charge is 0.341 e. The van der Waals surface area contributed by atoms with Gasteiger partial charge in [0.1, 0.15) is 0 Å². The van der Waals surface area contributed by atoms with Gasteiger partial charge in [-0.15, -0.1) is 0 Å². The fourth-order valence-corrected chi connectivity index (χ4v) is 4.34. The summed E-state index contributed by atoms with van der Waals surface area (Å²) >= 11 is 0. The van der Waals surface area contributed by atoms with Crippen molar-refractivity contribution in [2.75, 3.05) is 13.1 Å². The van der Waals surface area contributed by atoms with Gasteiger partial charge in [-0.2, -0.15) is 8.78 Å². The standard InChI is InChI=1S/C22H25F2NO3S/c1-16-2-4-17(5-3-16)6-7-18-12-14-25(15-13-18)21(26)19-8-10-20(11-9-19)29(27,28)22(23)24/h2-5,8-11,18,22H,6-7,12-15H2,1H3. The summed E-state index contributed by atoms with van der Waals surface area (Å²) in [5.41, 5.74) is 2.89. The van der Waals surface area contributed by atoms with Gasteiger partial charge in [0.2, 0.25) is 9.84 Å². The average molecular weight is 422 g/mol. The van der Waals surface area contributed by atoms with E-state index < -0.39 is 20.5 Å². The predicted molar refractivity (Wildman–Crippen MR) is 108 cm³/mol. The number of hydrogen-bond acceptors (Lipinski definition) is 3. The fraction of sp³-hybridized carbons (Fsp3) is 0.409. The SMILES string of the molecule is Cc1ccc(CCC2CCN(C(=O)c3ccc(S(=O)(=O)C(F)F)cc3)CC2)cc1. The molecule has 1 heterocycles. The summed E-state index contributed by atoms with van der Waals surface area (Å²) in [7, 11) is -4.64. The number of carbonyl (C=O) groups excluding carboxylic acids is 1. The second-order valence-electron chi connectivity index (χ2n) is 7.59. The average Bonchev–Trinajstić information content (AvgIpc) is 2.73. The molecule has 0 saturated carbocycles. The van der Waals surface area contributed by atoms with Crippen LogP contribution in [0.25, 0.3) is 0 Å². The Morgan fingerprint density at radius 1 is 1.03 bits per heavy atom. The molecule has 1 amide bonds. The Kier molecular flexibility index (Phi) is 6.67. The molecule has 2 aromatic carbocycles. The summed E-state index contributed by atoms with van der Waals surface area (Å²) < 4.78 is 48.2. The topological polar surface area (TPSA) is 54.5 Å². The number of amides is 1. The molecule has 0 N–H and O–H groups in total. The van der Waals surface area contributed by atoms with Crippen LogP contribution < -0.4 is 0 Å². The van der Waals surface area contributed by atoms with E-state index in [0.717, 1.165) is 37.8 Å². The lowest BCUT2D eigenvalue weighted by Crippen LogP contribution is -2.38. The minimum absolute atomic E-state index is 0.192. The number of carbonyl (C=O) groups is 1. The van der Waals surface area contributed by atoms with E-state index in [1.807, 2.05) is 0 Å². The highest BCUT2D eigenvalue weighted by Gasteiger charge is 2.27. The highest BCUT2D eigenvalue weighted by molar-refractivity contribution is 7.91. The smallest absolute Gasteiger partial charge is 0.339 e. The number of aryl methyl sites for hydroxylation is 2. The van der Waals surface area contributed by atoms with Crippen LogP contribution in [0.5, 0.6) is 0 Å². The molecule has 0 atom stereocenters. The molecule has 0 unspecified atom stereocenters. The third-order valence-corrected chi connectivity index (χ3v) is 6.93. The van der Waals surface area contributed by atoms with Crippen molar-refractivity contribution in [2.45, 2.75) is 43.3 Å². The van der Waals surface area contributed by atoms with Gasteiger partial charge >= 0.3 is 5.76 Å². The number of sulfone groups is 1. The fourth-order valence-electron chi connectivity index (χ4n) is 3.62. The molecule has 3 rings (SSSR count). The second-order valence-corrected chi connectivity index (χ2v) is 9.51. The van der Waals surface area contributed by atoms with Crippen molar-refractivity contribution in [1.82, 2.24) is 4.90 Å². The van der Waals surface area contributed by atoms with Crippen molar-refractivity contribution >= 4 is 15.7 Å². The molecule has 2 aromatic rings. The molecule has 7 heteroatoms. The monoisotopic (exact) mass is 421 g/mol. The van der Waals surface area contributed by atoms with Crippen LogP contribution >= 0.6 is 0 Å². The molecule has 0 aromatic heterocycles. The van der Waals surface area contributed by atoms with Crippen LogP contribution in [0.15, 0.2) is 53.4 Å². The van der Waals surface area contributed by atoms with Gasteiger partial charge in [-0.25, -0.2) is 8.42 Å². The Morgan fingerprint density at radius 3 is 2.17 bits per heavy atom. The molecule has 0 spiro atoms. The zero-order valence-electron chi connectivity index (χ0n) is 16.4. The number of piperidine rings is 1. The highest BCUT2D eigenvalue weighted by atomic mass is 32.2. The van der Waals surface area contributed by atoms with Gasteiger partial charge in [0.15, 0.2) is 0 Å². The van der Waals surface area contributed by atoms with Gasteiger partial charge in [-0.05, 0) is 68.4 Å². The molecule has 4 nitrogen and oxygen atoms in total. The van der Waals surface area contributed by atoms with Crippen molar-refractivity contribution in [3.05, 3.63) is 65.2 Å². The van der Waals surface area contributed by atoms with E-state index in [9.17, 15) is 22.0 Å². The van der Waals surface area contributed by atoms with Gasteiger partial charge in [-0.1, -0.05) is 29.8 Å². The Morgan fingerprint density at radius 2 is 1.62 bits per heavy atom. The van der Waals surface area contributed by atoms with E-state index >= 15 is 0 Å². The molecule has 29 heavy (non-hydrogen) atoms. The Hall–Kier alpha value is -2.28. The molecule has 1 fully saturated rings. The molecule has 156 valence electrons. The lowest BCUT2D eigenvalue weighted by molar-refractivity contribution is 0.0687. The first-order chi connectivity index (χ1) is 13.8. The quantitative estimate of drug-likeness (QED) is 0.691. The highest BCUT2D eigenvalue weighted by Crippen LogP contribution is 2.24. The van der Waals surface area contributed by atoms with Crippen molar-refractivity contribution in [1.29, 1.82) is 0 Å². The van der Waals surface area contributed by atoms with Gasteiger partial charge in [-0.3, -0.25) is 4.79 Å². The summed E-state index contributed by atoms with van der Waals surface area (Å²) in [6.07, 6.45) is 3.97. The normalized spacial score (nSPS) is 15.7. The van der Waals surface area contributed by atoms with Crippen LogP contribution in [-0.2, 0) is 16.3 Å². The maximum absolute atomic E-state index is 12.6. The van der Waals surface area contributed by atoms with Crippen LogP contribution in [0.3, 0.4) is 0 Å². The molecule has 1 aliphatic rings. The predicted octanol–water partition coefficient (Wildman–Crippen LogP) is 4.48.